The van der Waals surface area contributed by atoms with Crippen molar-refractivity contribution in [2.24, 2.45) is 0 Å². The fraction of sp³-hybridized carbons (Fsp3) is 0.188. The van der Waals surface area contributed by atoms with Crippen LogP contribution in [0.15, 0.2) is 48.5 Å². The molecule has 6 heteroatoms. The topological polar surface area (TPSA) is 50.4 Å². The van der Waals surface area contributed by atoms with Crippen LogP contribution >= 0.6 is 0 Å². The van der Waals surface area contributed by atoms with Crippen LogP contribution in [0.2, 0.25) is 0 Å². The van der Waals surface area contributed by atoms with Crippen molar-refractivity contribution in [2.75, 3.05) is 5.32 Å². The van der Waals surface area contributed by atoms with Crippen LogP contribution in [0.1, 0.15) is 11.1 Å². The lowest BCUT2D eigenvalue weighted by molar-refractivity contribution is -0.0493. The molecule has 0 spiro atoms. The highest BCUT2D eigenvalue weighted by molar-refractivity contribution is 5.91. The van der Waals surface area contributed by atoms with Gasteiger partial charge < -0.3 is 15.4 Å². The summed E-state index contributed by atoms with van der Waals surface area (Å²) in [7, 11) is 0. The van der Waals surface area contributed by atoms with E-state index in [1.807, 2.05) is 30.3 Å². The van der Waals surface area contributed by atoms with Gasteiger partial charge in [0.05, 0.1) is 5.69 Å². The van der Waals surface area contributed by atoms with Crippen molar-refractivity contribution >= 4 is 11.7 Å². The first-order valence-electron chi connectivity index (χ1n) is 6.69. The second-order valence-corrected chi connectivity index (χ2v) is 4.62. The molecule has 0 atom stereocenters. The molecule has 2 amide bonds. The summed E-state index contributed by atoms with van der Waals surface area (Å²) in [6, 6.07) is 13.5. The molecule has 0 aliphatic rings. The molecule has 22 heavy (non-hydrogen) atoms. The van der Waals surface area contributed by atoms with Crippen molar-refractivity contribution < 1.29 is 18.3 Å². The Bertz CT molecular complexity index is 633. The van der Waals surface area contributed by atoms with E-state index in [0.717, 1.165) is 5.56 Å². The Morgan fingerprint density at radius 2 is 1.86 bits per heavy atom. The summed E-state index contributed by atoms with van der Waals surface area (Å²) in [5.41, 5.74) is 1.80. The molecule has 0 aliphatic carbocycles. The Hall–Kier alpha value is -2.63. The summed E-state index contributed by atoms with van der Waals surface area (Å²) in [5.74, 6) is -0.0649. The monoisotopic (exact) mass is 306 g/mol. The van der Waals surface area contributed by atoms with Gasteiger partial charge in [-0.2, -0.15) is 8.78 Å². The van der Waals surface area contributed by atoms with Gasteiger partial charge in [-0.05, 0) is 24.1 Å². The molecule has 2 N–H and O–H groups in total. The molecule has 2 aromatic carbocycles. The SMILES string of the molecule is Cc1cccc(OC(F)F)c1NC(=O)NCc1ccccc1. The highest BCUT2D eigenvalue weighted by Gasteiger charge is 2.13. The molecule has 0 heterocycles. The molecule has 4 nitrogen and oxygen atoms in total. The van der Waals surface area contributed by atoms with Gasteiger partial charge in [-0.1, -0.05) is 42.5 Å². The highest BCUT2D eigenvalue weighted by Crippen LogP contribution is 2.29. The number of para-hydroxylation sites is 1. The number of aryl methyl sites for hydroxylation is 1. The molecule has 0 aliphatic heterocycles. The maximum Gasteiger partial charge on any atom is 0.387 e. The van der Waals surface area contributed by atoms with Crippen LogP contribution in [0.4, 0.5) is 19.3 Å². The predicted molar refractivity (Wildman–Crippen MR) is 80.1 cm³/mol. The number of hydrogen-bond donors (Lipinski definition) is 2. The number of hydrogen-bond acceptors (Lipinski definition) is 2. The number of nitrogens with one attached hydrogen (secondary N) is 2. The van der Waals surface area contributed by atoms with Gasteiger partial charge in [-0.3, -0.25) is 0 Å². The Balaban J connectivity index is 2.02. The van der Waals surface area contributed by atoms with Crippen molar-refractivity contribution in [1.29, 1.82) is 0 Å². The maximum absolute atomic E-state index is 12.4. The quantitative estimate of drug-likeness (QED) is 0.879. The minimum absolute atomic E-state index is 0.0649. The molecule has 2 aromatic rings. The van der Waals surface area contributed by atoms with E-state index in [2.05, 4.69) is 15.4 Å². The first-order valence-corrected chi connectivity index (χ1v) is 6.69. The van der Waals surface area contributed by atoms with Crippen LogP contribution in [-0.2, 0) is 6.54 Å². The van der Waals surface area contributed by atoms with Gasteiger partial charge in [0.25, 0.3) is 0 Å². The number of alkyl halides is 2. The average Bonchev–Trinajstić information content (AvgIpc) is 2.49. The number of halogens is 2. The summed E-state index contributed by atoms with van der Waals surface area (Å²) in [6.45, 7) is -0.913. The number of benzene rings is 2. The number of carbonyl (C=O) groups is 1. The van der Waals surface area contributed by atoms with Crippen LogP contribution in [0.25, 0.3) is 0 Å². The lowest BCUT2D eigenvalue weighted by atomic mass is 10.2. The van der Waals surface area contributed by atoms with E-state index < -0.39 is 12.6 Å². The van der Waals surface area contributed by atoms with Crippen molar-refractivity contribution in [2.45, 2.75) is 20.1 Å². The lowest BCUT2D eigenvalue weighted by Crippen LogP contribution is -2.28. The van der Waals surface area contributed by atoms with Gasteiger partial charge in [0.15, 0.2) is 0 Å². The van der Waals surface area contributed by atoms with E-state index in [1.54, 1.807) is 19.1 Å². The van der Waals surface area contributed by atoms with Crippen LogP contribution in [-0.4, -0.2) is 12.6 Å². The van der Waals surface area contributed by atoms with E-state index in [1.165, 1.54) is 6.07 Å². The molecule has 0 saturated carbocycles. The van der Waals surface area contributed by atoms with Gasteiger partial charge in [0, 0.05) is 6.54 Å². The van der Waals surface area contributed by atoms with Crippen LogP contribution < -0.4 is 15.4 Å². The summed E-state index contributed by atoms with van der Waals surface area (Å²) >= 11 is 0. The summed E-state index contributed by atoms with van der Waals surface area (Å²) in [4.78, 5) is 11.9. The number of rotatable bonds is 5. The Labute approximate surface area is 127 Å². The number of anilines is 1. The standard InChI is InChI=1S/C16H16F2N2O2/c1-11-6-5-9-13(22-15(17)18)14(11)20-16(21)19-10-12-7-3-2-4-8-12/h2-9,15H,10H2,1H3,(H2,19,20,21). The zero-order chi connectivity index (χ0) is 15.9. The summed E-state index contributed by atoms with van der Waals surface area (Å²) < 4.78 is 29.2. The molecule has 0 unspecified atom stereocenters. The third-order valence-corrected chi connectivity index (χ3v) is 2.99. The normalized spacial score (nSPS) is 10.4. The minimum atomic E-state index is -2.95. The fourth-order valence-electron chi connectivity index (χ4n) is 1.93. The number of urea groups is 1. The number of carbonyl (C=O) groups excluding carboxylic acids is 1. The summed E-state index contributed by atoms with van der Waals surface area (Å²) in [5, 5.41) is 5.21. The molecule has 0 radical (unpaired) electrons. The van der Waals surface area contributed by atoms with Gasteiger partial charge in [-0.15, -0.1) is 0 Å². The molecular weight excluding hydrogens is 290 g/mol. The van der Waals surface area contributed by atoms with Gasteiger partial charge in [0.1, 0.15) is 5.75 Å². The largest absolute Gasteiger partial charge is 0.433 e. The Morgan fingerprint density at radius 1 is 1.14 bits per heavy atom. The van der Waals surface area contributed by atoms with Crippen molar-refractivity contribution in [1.82, 2.24) is 5.32 Å². The number of ether oxygens (including phenoxy) is 1. The fourth-order valence-corrected chi connectivity index (χ4v) is 1.93. The smallest absolute Gasteiger partial charge is 0.387 e. The van der Waals surface area contributed by atoms with E-state index in [4.69, 9.17) is 0 Å². The first-order chi connectivity index (χ1) is 10.6. The second kappa shape index (κ2) is 7.40. The molecule has 0 bridgehead atoms. The van der Waals surface area contributed by atoms with Gasteiger partial charge >= 0.3 is 12.6 Å². The third-order valence-electron chi connectivity index (χ3n) is 2.99. The predicted octanol–water partition coefficient (Wildman–Crippen LogP) is 3.92. The van der Waals surface area contributed by atoms with Crippen LogP contribution in [0, 0.1) is 6.92 Å². The molecular formula is C16H16F2N2O2. The van der Waals surface area contributed by atoms with Crippen molar-refractivity contribution in [3.63, 3.8) is 0 Å². The Morgan fingerprint density at radius 3 is 2.55 bits per heavy atom. The highest BCUT2D eigenvalue weighted by atomic mass is 19.3. The lowest BCUT2D eigenvalue weighted by Gasteiger charge is -2.14. The van der Waals surface area contributed by atoms with Crippen LogP contribution in [0.5, 0.6) is 5.75 Å². The van der Waals surface area contributed by atoms with E-state index in [9.17, 15) is 13.6 Å². The first kappa shape index (κ1) is 15.8. The zero-order valence-electron chi connectivity index (χ0n) is 12.0. The van der Waals surface area contributed by atoms with Crippen LogP contribution in [0.3, 0.4) is 0 Å². The molecule has 0 fully saturated rings. The molecule has 0 saturated heterocycles. The minimum Gasteiger partial charge on any atom is -0.433 e. The third kappa shape index (κ3) is 4.44. The molecule has 0 aromatic heterocycles. The summed E-state index contributed by atoms with van der Waals surface area (Å²) in [6.07, 6.45) is 0. The van der Waals surface area contributed by atoms with E-state index in [-0.39, 0.29) is 11.4 Å². The van der Waals surface area contributed by atoms with Gasteiger partial charge in [0.2, 0.25) is 0 Å². The molecule has 116 valence electrons. The number of amides is 2. The van der Waals surface area contributed by atoms with Gasteiger partial charge in [-0.25, -0.2) is 4.79 Å². The zero-order valence-corrected chi connectivity index (χ0v) is 12.0. The second-order valence-electron chi connectivity index (χ2n) is 4.62. The molecule has 2 rings (SSSR count). The maximum atomic E-state index is 12.4. The van der Waals surface area contributed by atoms with Crippen molar-refractivity contribution in [3.05, 3.63) is 59.7 Å². The van der Waals surface area contributed by atoms with E-state index >= 15 is 0 Å². The average molecular weight is 306 g/mol. The van der Waals surface area contributed by atoms with E-state index in [0.29, 0.717) is 12.1 Å². The van der Waals surface area contributed by atoms with Crippen molar-refractivity contribution in [3.8, 4) is 5.75 Å². The Kier molecular flexibility index (Phi) is 5.30.